The maximum Gasteiger partial charge on any atom is 0.483 e. The molecule has 0 aliphatic heterocycles. The van der Waals surface area contributed by atoms with Crippen molar-refractivity contribution in [2.75, 3.05) is 0 Å². The molecular weight excluding hydrogens is 300 g/mol. The van der Waals surface area contributed by atoms with Crippen LogP contribution < -0.4 is 16.0 Å². The molecule has 0 unspecified atom stereocenters. The lowest BCUT2D eigenvalue weighted by molar-refractivity contribution is -0.192. The van der Waals surface area contributed by atoms with Crippen LogP contribution in [-0.4, -0.2) is 12.0 Å². The number of rotatable bonds is 3. The lowest BCUT2D eigenvalue weighted by Crippen LogP contribution is -2.47. The molecule has 0 saturated carbocycles. The molecule has 5 nitrogen and oxygen atoms in total. The zero-order chi connectivity index (χ0) is 13.1. The summed E-state index contributed by atoms with van der Waals surface area (Å²) in [5.74, 6) is 2.36. The quantitative estimate of drug-likeness (QED) is 0.500. The molecule has 8 heteroatoms. The third kappa shape index (κ3) is 3.12. The van der Waals surface area contributed by atoms with Crippen molar-refractivity contribution in [2.24, 2.45) is 5.84 Å². The van der Waals surface area contributed by atoms with E-state index in [1.54, 1.807) is 6.07 Å². The van der Waals surface area contributed by atoms with Crippen LogP contribution in [0.5, 0.6) is 5.75 Å². The topological polar surface area (TPSA) is 88.1 Å². The number of ether oxygens (including phenoxy) is 1. The monoisotopic (exact) mass is 305 g/mol. The third-order valence-electron chi connectivity index (χ3n) is 1.70. The van der Waals surface area contributed by atoms with E-state index >= 15 is 0 Å². The Kier molecular flexibility index (Phi) is 3.98. The molecule has 0 saturated heterocycles. The van der Waals surface area contributed by atoms with Crippen LogP contribution in [0.2, 0.25) is 0 Å². The molecule has 0 aliphatic rings. The molecule has 1 aromatic rings. The minimum absolute atomic E-state index is 0.135. The van der Waals surface area contributed by atoms with Crippen LogP contribution in [0, 0.1) is 11.3 Å². The van der Waals surface area contributed by atoms with Crippen LogP contribution in [0.3, 0.4) is 0 Å². The molecule has 3 N–H and O–H groups in total. The Morgan fingerprint density at radius 1 is 1.59 bits per heavy atom. The smallest absolute Gasteiger partial charge is 0.424 e. The van der Waals surface area contributed by atoms with Crippen LogP contribution in [0.25, 0.3) is 0 Å². The van der Waals surface area contributed by atoms with Gasteiger partial charge in [0.25, 0.3) is 0 Å². The minimum atomic E-state index is -4.14. The van der Waals surface area contributed by atoms with Crippen LogP contribution in [0.4, 0.5) is 8.78 Å². The molecule has 1 rings (SSSR count). The Morgan fingerprint density at radius 3 is 2.76 bits per heavy atom. The van der Waals surface area contributed by atoms with E-state index in [-0.39, 0.29) is 5.56 Å². The van der Waals surface area contributed by atoms with E-state index in [1.165, 1.54) is 17.6 Å². The number of hydrogen-bond acceptors (Lipinski definition) is 4. The predicted octanol–water partition coefficient (Wildman–Crippen LogP) is 1.28. The second-order valence-electron chi connectivity index (χ2n) is 2.84. The van der Waals surface area contributed by atoms with Crippen molar-refractivity contribution in [3.63, 3.8) is 0 Å². The molecule has 1 aromatic carbocycles. The first-order chi connectivity index (χ1) is 7.90. The number of benzene rings is 1. The lowest BCUT2D eigenvalue weighted by atomic mass is 10.2. The Hall–Kier alpha value is -1.72. The van der Waals surface area contributed by atoms with Gasteiger partial charge in [-0.1, -0.05) is 15.9 Å². The number of alkyl halides is 2. The van der Waals surface area contributed by atoms with Crippen molar-refractivity contribution in [3.8, 4) is 11.8 Å². The van der Waals surface area contributed by atoms with Crippen LogP contribution in [-0.2, 0) is 4.79 Å². The molecule has 0 heterocycles. The number of hydrazine groups is 1. The average Bonchev–Trinajstić information content (AvgIpc) is 2.30. The molecular formula is C9H6BrF2N3O2. The fourth-order valence-electron chi connectivity index (χ4n) is 0.947. The van der Waals surface area contributed by atoms with Gasteiger partial charge in [0.15, 0.2) is 0 Å². The van der Waals surface area contributed by atoms with Gasteiger partial charge < -0.3 is 4.74 Å². The van der Waals surface area contributed by atoms with E-state index in [0.717, 1.165) is 6.07 Å². The number of carbonyl (C=O) groups excluding carboxylic acids is 1. The maximum absolute atomic E-state index is 13.1. The number of hydrogen-bond donors (Lipinski definition) is 2. The van der Waals surface area contributed by atoms with E-state index in [0.29, 0.717) is 4.47 Å². The Bertz CT molecular complexity index is 488. The average molecular weight is 306 g/mol. The Morgan fingerprint density at radius 2 is 2.24 bits per heavy atom. The van der Waals surface area contributed by atoms with Gasteiger partial charge in [0.05, 0.1) is 5.56 Å². The van der Waals surface area contributed by atoms with Crippen molar-refractivity contribution in [1.29, 1.82) is 5.26 Å². The number of nitrogens with one attached hydrogen (secondary N) is 1. The standard InChI is InChI=1S/C9H6BrF2N3O2/c10-6-1-2-7(5(3-6)4-13)17-9(11,12)8(16)15-14/h1-3H,14H2,(H,15,16). The normalized spacial score (nSPS) is 10.5. The van der Waals surface area contributed by atoms with Crippen molar-refractivity contribution >= 4 is 21.8 Å². The molecule has 0 bridgehead atoms. The molecule has 90 valence electrons. The fourth-order valence-corrected chi connectivity index (χ4v) is 1.31. The molecule has 0 spiro atoms. The molecule has 0 fully saturated rings. The SMILES string of the molecule is N#Cc1cc(Br)ccc1OC(F)(F)C(=O)NN. The number of nitriles is 1. The Balaban J connectivity index is 3.04. The highest BCUT2D eigenvalue weighted by molar-refractivity contribution is 9.10. The van der Waals surface area contributed by atoms with E-state index in [9.17, 15) is 13.6 Å². The summed E-state index contributed by atoms with van der Waals surface area (Å²) < 4.78 is 30.9. The largest absolute Gasteiger partial charge is 0.483 e. The molecule has 0 atom stereocenters. The first-order valence-electron chi connectivity index (χ1n) is 4.18. The van der Waals surface area contributed by atoms with Crippen LogP contribution in [0.15, 0.2) is 22.7 Å². The predicted molar refractivity (Wildman–Crippen MR) is 56.8 cm³/mol. The summed E-state index contributed by atoms with van der Waals surface area (Å²) in [7, 11) is 0. The number of nitrogens with two attached hydrogens (primary N) is 1. The number of halogens is 3. The van der Waals surface area contributed by atoms with Crippen molar-refractivity contribution < 1.29 is 18.3 Å². The van der Waals surface area contributed by atoms with Crippen molar-refractivity contribution in [1.82, 2.24) is 5.43 Å². The highest BCUT2D eigenvalue weighted by atomic mass is 79.9. The zero-order valence-corrected chi connectivity index (χ0v) is 9.79. The van der Waals surface area contributed by atoms with Gasteiger partial charge in [-0.3, -0.25) is 10.2 Å². The second-order valence-corrected chi connectivity index (χ2v) is 3.76. The summed E-state index contributed by atoms with van der Waals surface area (Å²) >= 11 is 3.07. The number of amides is 1. The third-order valence-corrected chi connectivity index (χ3v) is 2.19. The summed E-state index contributed by atoms with van der Waals surface area (Å²) in [6.45, 7) is 0. The van der Waals surface area contributed by atoms with Gasteiger partial charge in [0.1, 0.15) is 11.8 Å². The van der Waals surface area contributed by atoms with Crippen LogP contribution in [0.1, 0.15) is 5.56 Å². The van der Waals surface area contributed by atoms with E-state index in [1.807, 2.05) is 0 Å². The van der Waals surface area contributed by atoms with Crippen LogP contribution >= 0.6 is 15.9 Å². The van der Waals surface area contributed by atoms with Gasteiger partial charge >= 0.3 is 12.0 Å². The highest BCUT2D eigenvalue weighted by Crippen LogP contribution is 2.27. The van der Waals surface area contributed by atoms with Crippen molar-refractivity contribution in [3.05, 3.63) is 28.2 Å². The van der Waals surface area contributed by atoms with Gasteiger partial charge in [0, 0.05) is 4.47 Å². The molecule has 0 aromatic heterocycles. The summed E-state index contributed by atoms with van der Waals surface area (Å²) in [6.07, 6.45) is -4.14. The van der Waals surface area contributed by atoms with E-state index in [2.05, 4.69) is 26.5 Å². The first-order valence-corrected chi connectivity index (χ1v) is 4.97. The van der Waals surface area contributed by atoms with E-state index < -0.39 is 17.8 Å². The second kappa shape index (κ2) is 5.07. The fraction of sp³-hybridized carbons (Fsp3) is 0.111. The molecule has 0 aliphatic carbocycles. The van der Waals surface area contributed by atoms with Gasteiger partial charge in [-0.15, -0.1) is 0 Å². The highest BCUT2D eigenvalue weighted by Gasteiger charge is 2.42. The number of carbonyl (C=O) groups is 1. The zero-order valence-electron chi connectivity index (χ0n) is 8.21. The van der Waals surface area contributed by atoms with E-state index in [4.69, 9.17) is 5.26 Å². The van der Waals surface area contributed by atoms with Crippen molar-refractivity contribution in [2.45, 2.75) is 6.11 Å². The Labute approximate surface area is 103 Å². The van der Waals surface area contributed by atoms with Gasteiger partial charge in [-0.05, 0) is 18.2 Å². The summed E-state index contributed by atoms with van der Waals surface area (Å²) in [5.41, 5.74) is 1.13. The maximum atomic E-state index is 13.1. The first kappa shape index (κ1) is 13.3. The van der Waals surface area contributed by atoms with Gasteiger partial charge in [0.2, 0.25) is 0 Å². The summed E-state index contributed by atoms with van der Waals surface area (Å²) in [6, 6.07) is 5.48. The summed E-state index contributed by atoms with van der Waals surface area (Å²) in [4.78, 5) is 10.7. The van der Waals surface area contributed by atoms with Gasteiger partial charge in [-0.2, -0.15) is 14.0 Å². The summed E-state index contributed by atoms with van der Waals surface area (Å²) in [5, 5.41) is 8.71. The molecule has 17 heavy (non-hydrogen) atoms. The minimum Gasteiger partial charge on any atom is -0.424 e. The van der Waals surface area contributed by atoms with Gasteiger partial charge in [-0.25, -0.2) is 5.84 Å². The lowest BCUT2D eigenvalue weighted by Gasteiger charge is -2.16. The number of nitrogens with zero attached hydrogens (tertiary/aromatic N) is 1. The molecule has 0 radical (unpaired) electrons. The molecule has 1 amide bonds.